The van der Waals surface area contributed by atoms with Crippen LogP contribution >= 0.6 is 34.2 Å². The number of hydrogen-bond donors (Lipinski definition) is 1. The third-order valence-electron chi connectivity index (χ3n) is 2.33. The number of imidazole rings is 1. The van der Waals surface area contributed by atoms with Gasteiger partial charge in [0.2, 0.25) is 5.95 Å². The lowest BCUT2D eigenvalue weighted by molar-refractivity contribution is 1.02. The zero-order chi connectivity index (χ0) is 12.4. The molecule has 0 saturated heterocycles. The van der Waals surface area contributed by atoms with Crippen molar-refractivity contribution in [3.63, 3.8) is 0 Å². The van der Waals surface area contributed by atoms with Gasteiger partial charge in [-0.15, -0.1) is 0 Å². The molecule has 0 saturated carbocycles. The van der Waals surface area contributed by atoms with Gasteiger partial charge in [-0.3, -0.25) is 4.57 Å². The van der Waals surface area contributed by atoms with E-state index in [1.165, 1.54) is 0 Å². The first-order valence-corrected chi connectivity index (χ1v) is 6.82. The van der Waals surface area contributed by atoms with Crippen LogP contribution in [-0.2, 0) is 0 Å². The van der Waals surface area contributed by atoms with Crippen molar-refractivity contribution >= 4 is 40.1 Å². The molecule has 0 radical (unpaired) electrons. The molecule has 5 heteroatoms. The van der Waals surface area contributed by atoms with Gasteiger partial charge in [-0.25, -0.2) is 4.98 Å². The minimum absolute atomic E-state index is 0.730. The van der Waals surface area contributed by atoms with Crippen LogP contribution in [-0.4, -0.2) is 16.1 Å². The summed E-state index contributed by atoms with van der Waals surface area (Å²) in [6.07, 6.45) is 1.98. The Balaban J connectivity index is 2.51. The Kier molecular flexibility index (Phi) is 3.93. The Labute approximate surface area is 119 Å². The second kappa shape index (κ2) is 5.27. The molecule has 1 heterocycles. The molecular weight excluding hydrogens is 349 g/mol. The molecule has 17 heavy (non-hydrogen) atoms. The van der Waals surface area contributed by atoms with E-state index in [2.05, 4.69) is 32.9 Å². The largest absolute Gasteiger partial charge is 0.356 e. The number of rotatable bonds is 3. The fourth-order valence-corrected chi connectivity index (χ4v) is 2.59. The maximum Gasteiger partial charge on any atom is 0.207 e. The van der Waals surface area contributed by atoms with E-state index in [0.29, 0.717) is 0 Å². The summed E-state index contributed by atoms with van der Waals surface area (Å²) in [6, 6.07) is 5.99. The van der Waals surface area contributed by atoms with Crippen LogP contribution < -0.4 is 5.32 Å². The molecule has 1 N–H and O–H groups in total. The third kappa shape index (κ3) is 2.74. The van der Waals surface area contributed by atoms with Gasteiger partial charge in [-0.05, 0) is 54.6 Å². The topological polar surface area (TPSA) is 29.9 Å². The summed E-state index contributed by atoms with van der Waals surface area (Å²) >= 11 is 8.51. The molecule has 0 unspecified atom stereocenters. The lowest BCUT2D eigenvalue weighted by Crippen LogP contribution is -2.05. The zero-order valence-electron chi connectivity index (χ0n) is 9.67. The van der Waals surface area contributed by atoms with Gasteiger partial charge in [0.25, 0.3) is 0 Å². The number of anilines is 1. The number of aryl methyl sites for hydroxylation is 1. The molecule has 0 aliphatic heterocycles. The van der Waals surface area contributed by atoms with Crippen molar-refractivity contribution in [3.05, 3.63) is 38.7 Å². The number of halogens is 2. The first-order valence-electron chi connectivity index (χ1n) is 5.37. The molecule has 2 aromatic rings. The highest BCUT2D eigenvalue weighted by atomic mass is 127. The molecule has 1 aromatic carbocycles. The van der Waals surface area contributed by atoms with Gasteiger partial charge in [0.15, 0.2) is 0 Å². The minimum Gasteiger partial charge on any atom is -0.356 e. The highest BCUT2D eigenvalue weighted by Gasteiger charge is 2.09. The molecule has 3 nitrogen and oxygen atoms in total. The molecule has 0 fully saturated rings. The van der Waals surface area contributed by atoms with Gasteiger partial charge in [0, 0.05) is 16.3 Å². The van der Waals surface area contributed by atoms with E-state index in [-0.39, 0.29) is 0 Å². The highest BCUT2D eigenvalue weighted by Crippen LogP contribution is 2.26. The molecule has 0 bridgehead atoms. The summed E-state index contributed by atoms with van der Waals surface area (Å²) in [5.74, 6) is 0.827. The van der Waals surface area contributed by atoms with Gasteiger partial charge in [-0.2, -0.15) is 0 Å². The maximum atomic E-state index is 6.26. The molecule has 0 aliphatic rings. The van der Waals surface area contributed by atoms with Crippen molar-refractivity contribution in [1.29, 1.82) is 0 Å². The smallest absolute Gasteiger partial charge is 0.207 e. The number of nitrogens with one attached hydrogen (secondary N) is 1. The maximum absolute atomic E-state index is 6.26. The Bertz CT molecular complexity index is 537. The molecule has 0 atom stereocenters. The number of benzene rings is 1. The van der Waals surface area contributed by atoms with E-state index in [0.717, 1.165) is 32.5 Å². The first kappa shape index (κ1) is 12.7. The predicted octanol–water partition coefficient (Wildman–Crippen LogP) is 3.87. The molecule has 2 rings (SSSR count). The first-order chi connectivity index (χ1) is 8.11. The molecular formula is C12H13ClIN3. The van der Waals surface area contributed by atoms with E-state index in [4.69, 9.17) is 11.6 Å². The van der Waals surface area contributed by atoms with Gasteiger partial charge >= 0.3 is 0 Å². The average molecular weight is 362 g/mol. The standard InChI is InChI=1S/C12H13ClIN3/c1-3-15-12-16-8(2)7-17(12)11-5-4-9(14)6-10(11)13/h4-7H,3H2,1-2H3,(H,15,16). The Morgan fingerprint density at radius 2 is 2.24 bits per heavy atom. The summed E-state index contributed by atoms with van der Waals surface area (Å²) in [6.45, 7) is 4.85. The van der Waals surface area contributed by atoms with Crippen molar-refractivity contribution < 1.29 is 0 Å². The predicted molar refractivity (Wildman–Crippen MR) is 80.2 cm³/mol. The third-order valence-corrected chi connectivity index (χ3v) is 3.30. The Morgan fingerprint density at radius 3 is 2.88 bits per heavy atom. The lowest BCUT2D eigenvalue weighted by Gasteiger charge is -2.10. The normalized spacial score (nSPS) is 10.6. The van der Waals surface area contributed by atoms with Crippen LogP contribution in [0.3, 0.4) is 0 Å². The summed E-state index contributed by atoms with van der Waals surface area (Å²) in [7, 11) is 0. The van der Waals surface area contributed by atoms with Crippen molar-refractivity contribution in [2.45, 2.75) is 13.8 Å². The van der Waals surface area contributed by atoms with Gasteiger partial charge in [-0.1, -0.05) is 11.6 Å². The van der Waals surface area contributed by atoms with E-state index >= 15 is 0 Å². The second-order valence-corrected chi connectivity index (χ2v) is 5.35. The van der Waals surface area contributed by atoms with E-state index in [9.17, 15) is 0 Å². The van der Waals surface area contributed by atoms with Crippen molar-refractivity contribution in [2.24, 2.45) is 0 Å². The van der Waals surface area contributed by atoms with Gasteiger partial charge in [0.05, 0.1) is 16.4 Å². The lowest BCUT2D eigenvalue weighted by atomic mass is 10.3. The van der Waals surface area contributed by atoms with Crippen molar-refractivity contribution in [3.8, 4) is 5.69 Å². The van der Waals surface area contributed by atoms with Crippen LogP contribution in [0.25, 0.3) is 5.69 Å². The average Bonchev–Trinajstić information content (AvgIpc) is 2.60. The van der Waals surface area contributed by atoms with E-state index in [1.54, 1.807) is 0 Å². The van der Waals surface area contributed by atoms with Crippen LogP contribution in [0.1, 0.15) is 12.6 Å². The molecule has 0 amide bonds. The van der Waals surface area contributed by atoms with Crippen LogP contribution in [0, 0.1) is 10.5 Å². The van der Waals surface area contributed by atoms with Crippen LogP contribution in [0.4, 0.5) is 5.95 Å². The number of nitrogens with zero attached hydrogens (tertiary/aromatic N) is 2. The monoisotopic (exact) mass is 361 g/mol. The quantitative estimate of drug-likeness (QED) is 0.841. The SMILES string of the molecule is CCNc1nc(C)cn1-c1ccc(I)cc1Cl. The Morgan fingerprint density at radius 1 is 1.47 bits per heavy atom. The van der Waals surface area contributed by atoms with E-state index in [1.807, 2.05) is 42.8 Å². The number of aromatic nitrogens is 2. The van der Waals surface area contributed by atoms with Gasteiger partial charge < -0.3 is 5.32 Å². The fraction of sp³-hybridized carbons (Fsp3) is 0.250. The summed E-state index contributed by atoms with van der Waals surface area (Å²) < 4.78 is 3.11. The highest BCUT2D eigenvalue weighted by molar-refractivity contribution is 14.1. The van der Waals surface area contributed by atoms with Crippen molar-refractivity contribution in [1.82, 2.24) is 9.55 Å². The fourth-order valence-electron chi connectivity index (χ4n) is 1.64. The zero-order valence-corrected chi connectivity index (χ0v) is 12.6. The van der Waals surface area contributed by atoms with Crippen LogP contribution in [0.15, 0.2) is 24.4 Å². The second-order valence-electron chi connectivity index (χ2n) is 3.70. The molecule has 0 spiro atoms. The van der Waals surface area contributed by atoms with Crippen LogP contribution in [0.5, 0.6) is 0 Å². The minimum atomic E-state index is 0.730. The summed E-state index contributed by atoms with van der Waals surface area (Å²) in [4.78, 5) is 4.43. The van der Waals surface area contributed by atoms with E-state index < -0.39 is 0 Å². The number of hydrogen-bond acceptors (Lipinski definition) is 2. The molecule has 0 aliphatic carbocycles. The summed E-state index contributed by atoms with van der Waals surface area (Å²) in [5, 5.41) is 3.96. The van der Waals surface area contributed by atoms with Crippen molar-refractivity contribution in [2.75, 3.05) is 11.9 Å². The summed E-state index contributed by atoms with van der Waals surface area (Å²) in [5.41, 5.74) is 1.92. The molecule has 1 aromatic heterocycles. The molecule has 90 valence electrons. The van der Waals surface area contributed by atoms with Gasteiger partial charge in [0.1, 0.15) is 0 Å². The van der Waals surface area contributed by atoms with Crippen LogP contribution in [0.2, 0.25) is 5.02 Å². The Hall–Kier alpha value is -0.750.